The maximum Gasteiger partial charge on any atom is 0.289 e. The van der Waals surface area contributed by atoms with E-state index in [-0.39, 0.29) is 6.04 Å². The average molecular weight is 474 g/mol. The van der Waals surface area contributed by atoms with E-state index in [9.17, 15) is 24.0 Å². The number of carbonyl (C=O) groups excluding carboxylic acids is 5. The van der Waals surface area contributed by atoms with Gasteiger partial charge in [-0.25, -0.2) is 0 Å². The van der Waals surface area contributed by atoms with Crippen molar-refractivity contribution in [3.05, 3.63) is 30.1 Å². The van der Waals surface area contributed by atoms with Crippen LogP contribution in [0.3, 0.4) is 0 Å². The normalized spacial score (nSPS) is 16.0. The molecule has 2 rings (SSSR count). The maximum absolute atomic E-state index is 12.9. The lowest BCUT2D eigenvalue weighted by molar-refractivity contribution is -0.138. The molecule has 1 aromatic rings. The van der Waals surface area contributed by atoms with Crippen LogP contribution in [0.5, 0.6) is 0 Å². The largest absolute Gasteiger partial charge is 0.347 e. The molecular formula is C24H35N5O5. The van der Waals surface area contributed by atoms with Crippen LogP contribution < -0.4 is 21.3 Å². The first-order valence-corrected chi connectivity index (χ1v) is 11.6. The molecule has 4 N–H and O–H groups in total. The van der Waals surface area contributed by atoms with Gasteiger partial charge in [0.25, 0.3) is 11.8 Å². The molecule has 0 unspecified atom stereocenters. The molecule has 10 nitrogen and oxygen atoms in total. The molecule has 0 aliphatic heterocycles. The number of pyridine rings is 1. The Morgan fingerprint density at radius 2 is 1.59 bits per heavy atom. The van der Waals surface area contributed by atoms with Gasteiger partial charge in [0.15, 0.2) is 0 Å². The van der Waals surface area contributed by atoms with Crippen molar-refractivity contribution in [1.82, 2.24) is 26.3 Å². The van der Waals surface area contributed by atoms with Crippen LogP contribution in [-0.2, 0) is 19.2 Å². The molecule has 186 valence electrons. The SMILES string of the molecule is C[C@H](NC(=O)[C@@H](NC(=O)c1ccncc1)C(C)(C)C)C(=O)NCC(=O)C(=O)NC1CCCCC1. The van der Waals surface area contributed by atoms with E-state index >= 15 is 0 Å². The Morgan fingerprint density at radius 3 is 2.18 bits per heavy atom. The number of nitrogens with zero attached hydrogens (tertiary/aromatic N) is 1. The molecule has 0 radical (unpaired) electrons. The molecule has 0 aromatic carbocycles. The van der Waals surface area contributed by atoms with Gasteiger partial charge in [-0.15, -0.1) is 0 Å². The summed E-state index contributed by atoms with van der Waals surface area (Å²) in [5, 5.41) is 10.4. The van der Waals surface area contributed by atoms with E-state index in [2.05, 4.69) is 26.3 Å². The zero-order valence-corrected chi connectivity index (χ0v) is 20.3. The molecular weight excluding hydrogens is 438 g/mol. The predicted molar refractivity (Wildman–Crippen MR) is 126 cm³/mol. The van der Waals surface area contributed by atoms with E-state index in [0.717, 1.165) is 32.1 Å². The molecule has 1 aromatic heterocycles. The quantitative estimate of drug-likeness (QED) is 0.391. The minimum Gasteiger partial charge on any atom is -0.347 e. The van der Waals surface area contributed by atoms with Crippen molar-refractivity contribution >= 4 is 29.4 Å². The Kier molecular flexibility index (Phi) is 9.70. The fraction of sp³-hybridized carbons (Fsp3) is 0.583. The zero-order valence-electron chi connectivity index (χ0n) is 20.3. The third-order valence-corrected chi connectivity index (χ3v) is 5.72. The van der Waals surface area contributed by atoms with E-state index in [0.29, 0.717) is 5.56 Å². The number of rotatable bonds is 9. The van der Waals surface area contributed by atoms with Gasteiger partial charge in [0, 0.05) is 24.0 Å². The number of hydrogen-bond donors (Lipinski definition) is 4. The third-order valence-electron chi connectivity index (χ3n) is 5.72. The number of hydrogen-bond acceptors (Lipinski definition) is 6. The summed E-state index contributed by atoms with van der Waals surface area (Å²) in [4.78, 5) is 65.9. The molecule has 34 heavy (non-hydrogen) atoms. The van der Waals surface area contributed by atoms with E-state index in [1.807, 2.05) is 0 Å². The van der Waals surface area contributed by atoms with Crippen LogP contribution in [0.4, 0.5) is 0 Å². The lowest BCUT2D eigenvalue weighted by atomic mass is 9.85. The Bertz CT molecular complexity index is 891. The topological polar surface area (TPSA) is 146 Å². The molecule has 0 spiro atoms. The molecule has 1 heterocycles. The molecule has 1 saturated carbocycles. The molecule has 10 heteroatoms. The summed E-state index contributed by atoms with van der Waals surface area (Å²) in [6.45, 7) is 6.37. The predicted octanol–water partition coefficient (Wildman–Crippen LogP) is 0.865. The Hall–Kier alpha value is -3.30. The molecule has 1 aliphatic rings. The summed E-state index contributed by atoms with van der Waals surface area (Å²) in [5.41, 5.74) is -0.288. The highest BCUT2D eigenvalue weighted by atomic mass is 16.2. The smallest absolute Gasteiger partial charge is 0.289 e. The van der Waals surface area contributed by atoms with Crippen LogP contribution in [0.2, 0.25) is 0 Å². The van der Waals surface area contributed by atoms with Gasteiger partial charge in [-0.1, -0.05) is 40.0 Å². The van der Waals surface area contributed by atoms with Gasteiger partial charge >= 0.3 is 0 Å². The monoisotopic (exact) mass is 473 g/mol. The van der Waals surface area contributed by atoms with Crippen LogP contribution in [0, 0.1) is 5.41 Å². The average Bonchev–Trinajstić information content (AvgIpc) is 2.80. The fourth-order valence-corrected chi connectivity index (χ4v) is 3.67. The van der Waals surface area contributed by atoms with Gasteiger partial charge < -0.3 is 21.3 Å². The second-order valence-corrected chi connectivity index (χ2v) is 9.69. The minimum atomic E-state index is -0.982. The molecule has 1 aliphatic carbocycles. The lowest BCUT2D eigenvalue weighted by Gasteiger charge is -2.31. The molecule has 0 bridgehead atoms. The standard InChI is InChI=1S/C24H35N5O5/c1-15(20(31)26-14-18(30)22(33)28-17-8-6-5-7-9-17)27-23(34)19(24(2,3)4)29-21(32)16-10-12-25-13-11-16/h10-13,15,17,19H,5-9,14H2,1-4H3,(H,26,31)(H,27,34)(H,28,33)(H,29,32)/t15-,19+/m0/s1. The number of nitrogens with one attached hydrogen (secondary N) is 4. The summed E-state index contributed by atoms with van der Waals surface area (Å²) in [7, 11) is 0. The Labute approximate surface area is 200 Å². The highest BCUT2D eigenvalue weighted by Crippen LogP contribution is 2.20. The van der Waals surface area contributed by atoms with E-state index in [1.165, 1.54) is 31.5 Å². The van der Waals surface area contributed by atoms with Crippen molar-refractivity contribution in [2.24, 2.45) is 5.41 Å². The van der Waals surface area contributed by atoms with Gasteiger partial charge in [0.05, 0.1) is 6.54 Å². The summed E-state index contributed by atoms with van der Waals surface area (Å²) in [6, 6.07) is 1.15. The van der Waals surface area contributed by atoms with Gasteiger partial charge in [0.1, 0.15) is 12.1 Å². The number of amides is 4. The first kappa shape index (κ1) is 26.9. The second kappa shape index (κ2) is 12.2. The molecule has 4 amide bonds. The van der Waals surface area contributed by atoms with Gasteiger partial charge in [-0.2, -0.15) is 0 Å². The van der Waals surface area contributed by atoms with Crippen molar-refractivity contribution in [2.45, 2.75) is 77.9 Å². The van der Waals surface area contributed by atoms with Gasteiger partial charge in [0.2, 0.25) is 17.6 Å². The lowest BCUT2D eigenvalue weighted by Crippen LogP contribution is -2.57. The summed E-state index contributed by atoms with van der Waals surface area (Å²) in [6.07, 6.45) is 7.82. The summed E-state index contributed by atoms with van der Waals surface area (Å²) < 4.78 is 0. The van der Waals surface area contributed by atoms with Crippen molar-refractivity contribution in [2.75, 3.05) is 6.54 Å². The fourth-order valence-electron chi connectivity index (χ4n) is 3.67. The number of Topliss-reactive ketones (excluding diaryl/α,β-unsaturated/α-hetero) is 1. The Morgan fingerprint density at radius 1 is 0.971 bits per heavy atom. The van der Waals surface area contributed by atoms with E-state index in [1.54, 1.807) is 20.8 Å². The minimum absolute atomic E-state index is 0.00388. The molecule has 1 fully saturated rings. The van der Waals surface area contributed by atoms with Crippen molar-refractivity contribution in [3.8, 4) is 0 Å². The highest BCUT2D eigenvalue weighted by molar-refractivity contribution is 6.37. The third kappa shape index (κ3) is 8.24. The molecule has 2 atom stereocenters. The highest BCUT2D eigenvalue weighted by Gasteiger charge is 2.34. The van der Waals surface area contributed by atoms with Crippen LogP contribution >= 0.6 is 0 Å². The van der Waals surface area contributed by atoms with Gasteiger partial charge in [-0.3, -0.25) is 29.0 Å². The van der Waals surface area contributed by atoms with Crippen LogP contribution in [0.25, 0.3) is 0 Å². The summed E-state index contributed by atoms with van der Waals surface area (Å²) >= 11 is 0. The number of ketones is 1. The van der Waals surface area contributed by atoms with E-state index < -0.39 is 53.5 Å². The van der Waals surface area contributed by atoms with Crippen LogP contribution in [-0.4, -0.2) is 59.1 Å². The first-order valence-electron chi connectivity index (χ1n) is 11.6. The summed E-state index contributed by atoms with van der Waals surface area (Å²) in [5.74, 6) is -3.05. The van der Waals surface area contributed by atoms with Crippen molar-refractivity contribution < 1.29 is 24.0 Å². The van der Waals surface area contributed by atoms with Gasteiger partial charge in [-0.05, 0) is 37.3 Å². The van der Waals surface area contributed by atoms with E-state index in [4.69, 9.17) is 0 Å². The number of aromatic nitrogens is 1. The Balaban J connectivity index is 1.87. The van der Waals surface area contributed by atoms with Crippen LogP contribution in [0.1, 0.15) is 70.2 Å². The van der Waals surface area contributed by atoms with Crippen molar-refractivity contribution in [1.29, 1.82) is 0 Å². The molecule has 0 saturated heterocycles. The van der Waals surface area contributed by atoms with Crippen LogP contribution in [0.15, 0.2) is 24.5 Å². The number of carbonyl (C=O) groups is 5. The van der Waals surface area contributed by atoms with Crippen molar-refractivity contribution in [3.63, 3.8) is 0 Å². The first-order chi connectivity index (χ1) is 16.0. The second-order valence-electron chi connectivity index (χ2n) is 9.69. The zero-order chi connectivity index (χ0) is 25.3. The maximum atomic E-state index is 12.9.